The van der Waals surface area contributed by atoms with Gasteiger partial charge >= 0.3 is 0 Å². The number of carbonyl (C=O) groups is 2. The Hall–Kier alpha value is -2.77. The zero-order valence-electron chi connectivity index (χ0n) is 12.9. The summed E-state index contributed by atoms with van der Waals surface area (Å²) in [5, 5.41) is 8.62. The molecule has 23 heavy (non-hydrogen) atoms. The molecule has 0 aliphatic carbocycles. The lowest BCUT2D eigenvalue weighted by molar-refractivity contribution is 0.0961. The fourth-order valence-corrected chi connectivity index (χ4v) is 2.07. The second-order valence-corrected chi connectivity index (χ2v) is 4.97. The van der Waals surface area contributed by atoms with Gasteiger partial charge in [-0.15, -0.1) is 0 Å². The Morgan fingerprint density at radius 2 is 1.96 bits per heavy atom. The maximum Gasteiger partial charge on any atom is 0.282 e. The van der Waals surface area contributed by atoms with Gasteiger partial charge in [-0.25, -0.2) is 8.78 Å². The van der Waals surface area contributed by atoms with E-state index in [0.29, 0.717) is 16.8 Å². The smallest absolute Gasteiger partial charge is 0.282 e. The van der Waals surface area contributed by atoms with Gasteiger partial charge in [0.1, 0.15) is 5.69 Å². The summed E-state index contributed by atoms with van der Waals surface area (Å²) < 4.78 is 27.0. The standard InChI is InChI=1S/C15H16F2N4O2/c1-8-4-5-9(14(22)18-2)6-11(8)19-15(23)10-7-21(3)20-12(10)13(16)17/h4-7,13H,1-3H3,(H,18,22)(H,19,23). The molecule has 2 amide bonds. The zero-order valence-corrected chi connectivity index (χ0v) is 12.9. The lowest BCUT2D eigenvalue weighted by Crippen LogP contribution is -2.19. The number of hydrogen-bond donors (Lipinski definition) is 2. The minimum absolute atomic E-state index is 0.202. The molecular formula is C15H16F2N4O2. The van der Waals surface area contributed by atoms with Crippen LogP contribution in [0.4, 0.5) is 14.5 Å². The Morgan fingerprint density at radius 1 is 1.26 bits per heavy atom. The topological polar surface area (TPSA) is 76.0 Å². The Balaban J connectivity index is 2.32. The fraction of sp³-hybridized carbons (Fsp3) is 0.267. The predicted octanol–water partition coefficient (Wildman–Crippen LogP) is 2.28. The van der Waals surface area contributed by atoms with Crippen LogP contribution in [0.1, 0.15) is 38.4 Å². The normalized spacial score (nSPS) is 10.7. The van der Waals surface area contributed by atoms with Gasteiger partial charge in [0.2, 0.25) is 0 Å². The molecule has 0 saturated carbocycles. The van der Waals surface area contributed by atoms with Crippen LogP contribution in [0.25, 0.3) is 0 Å². The van der Waals surface area contributed by atoms with Gasteiger partial charge in [-0.05, 0) is 24.6 Å². The average Bonchev–Trinajstić information content (AvgIpc) is 2.91. The highest BCUT2D eigenvalue weighted by Crippen LogP contribution is 2.23. The van der Waals surface area contributed by atoms with Crippen molar-refractivity contribution in [3.05, 3.63) is 46.8 Å². The quantitative estimate of drug-likeness (QED) is 0.907. The van der Waals surface area contributed by atoms with E-state index in [0.717, 1.165) is 4.68 Å². The summed E-state index contributed by atoms with van der Waals surface area (Å²) in [7, 11) is 2.95. The summed E-state index contributed by atoms with van der Waals surface area (Å²) in [5.41, 5.74) is 0.652. The third-order valence-corrected chi connectivity index (χ3v) is 3.28. The van der Waals surface area contributed by atoms with Crippen molar-refractivity contribution in [3.63, 3.8) is 0 Å². The molecule has 1 aromatic heterocycles. The largest absolute Gasteiger partial charge is 0.355 e. The van der Waals surface area contributed by atoms with Crippen LogP contribution >= 0.6 is 0 Å². The van der Waals surface area contributed by atoms with Crippen molar-refractivity contribution < 1.29 is 18.4 Å². The first-order valence-corrected chi connectivity index (χ1v) is 6.79. The van der Waals surface area contributed by atoms with E-state index in [1.165, 1.54) is 26.4 Å². The van der Waals surface area contributed by atoms with Crippen LogP contribution in [-0.4, -0.2) is 28.6 Å². The summed E-state index contributed by atoms with van der Waals surface area (Å²) in [6, 6.07) is 4.76. The van der Waals surface area contributed by atoms with Crippen LogP contribution in [-0.2, 0) is 7.05 Å². The molecule has 0 aliphatic heterocycles. The number of alkyl halides is 2. The molecule has 2 rings (SSSR count). The van der Waals surface area contributed by atoms with Crippen LogP contribution in [0.5, 0.6) is 0 Å². The SMILES string of the molecule is CNC(=O)c1ccc(C)c(NC(=O)c2cn(C)nc2C(F)F)c1. The van der Waals surface area contributed by atoms with Crippen molar-refractivity contribution in [2.45, 2.75) is 13.3 Å². The molecule has 6 nitrogen and oxygen atoms in total. The minimum atomic E-state index is -2.85. The summed E-state index contributed by atoms with van der Waals surface area (Å²) in [6.45, 7) is 1.74. The van der Waals surface area contributed by atoms with E-state index >= 15 is 0 Å². The molecule has 0 saturated heterocycles. The number of nitrogens with one attached hydrogen (secondary N) is 2. The molecular weight excluding hydrogens is 306 g/mol. The zero-order chi connectivity index (χ0) is 17.1. The van der Waals surface area contributed by atoms with Gasteiger partial charge in [0.15, 0.2) is 0 Å². The Morgan fingerprint density at radius 3 is 2.57 bits per heavy atom. The molecule has 1 heterocycles. The molecule has 2 N–H and O–H groups in total. The van der Waals surface area contributed by atoms with E-state index in [-0.39, 0.29) is 11.5 Å². The molecule has 0 spiro atoms. The van der Waals surface area contributed by atoms with Gasteiger partial charge in [0, 0.05) is 31.5 Å². The first-order valence-electron chi connectivity index (χ1n) is 6.79. The molecule has 0 atom stereocenters. The lowest BCUT2D eigenvalue weighted by Gasteiger charge is -2.10. The van der Waals surface area contributed by atoms with Crippen molar-refractivity contribution in [1.29, 1.82) is 0 Å². The second-order valence-electron chi connectivity index (χ2n) is 4.97. The number of amides is 2. The monoisotopic (exact) mass is 322 g/mol. The lowest BCUT2D eigenvalue weighted by atomic mass is 10.1. The maximum atomic E-state index is 12.9. The molecule has 8 heteroatoms. The van der Waals surface area contributed by atoms with Crippen LogP contribution < -0.4 is 10.6 Å². The van der Waals surface area contributed by atoms with Crippen LogP contribution in [0, 0.1) is 6.92 Å². The number of nitrogens with zero attached hydrogens (tertiary/aromatic N) is 2. The van der Waals surface area contributed by atoms with Crippen molar-refractivity contribution in [3.8, 4) is 0 Å². The predicted molar refractivity (Wildman–Crippen MR) is 80.7 cm³/mol. The number of benzene rings is 1. The molecule has 1 aromatic carbocycles. The number of carbonyl (C=O) groups excluding carboxylic acids is 2. The van der Waals surface area contributed by atoms with Gasteiger partial charge in [0.25, 0.3) is 18.2 Å². The average molecular weight is 322 g/mol. The molecule has 0 radical (unpaired) electrons. The van der Waals surface area contributed by atoms with Gasteiger partial charge in [-0.2, -0.15) is 5.10 Å². The molecule has 122 valence electrons. The fourth-order valence-electron chi connectivity index (χ4n) is 2.07. The highest BCUT2D eigenvalue weighted by Gasteiger charge is 2.23. The minimum Gasteiger partial charge on any atom is -0.355 e. The van der Waals surface area contributed by atoms with Crippen molar-refractivity contribution in [2.24, 2.45) is 7.05 Å². The van der Waals surface area contributed by atoms with Gasteiger partial charge < -0.3 is 10.6 Å². The van der Waals surface area contributed by atoms with E-state index in [4.69, 9.17) is 0 Å². The summed E-state index contributed by atoms with van der Waals surface area (Å²) >= 11 is 0. The van der Waals surface area contributed by atoms with E-state index in [9.17, 15) is 18.4 Å². The Bertz CT molecular complexity index is 756. The molecule has 0 unspecified atom stereocenters. The number of halogens is 2. The summed E-state index contributed by atoms with van der Waals surface area (Å²) in [4.78, 5) is 23.9. The molecule has 0 bridgehead atoms. The van der Waals surface area contributed by atoms with E-state index in [2.05, 4.69) is 15.7 Å². The Kier molecular flexibility index (Phi) is 4.73. The highest BCUT2D eigenvalue weighted by atomic mass is 19.3. The highest BCUT2D eigenvalue weighted by molar-refractivity contribution is 6.06. The van der Waals surface area contributed by atoms with E-state index < -0.39 is 18.0 Å². The number of rotatable bonds is 4. The van der Waals surface area contributed by atoms with Gasteiger partial charge in [0.05, 0.1) is 5.56 Å². The number of aryl methyl sites for hydroxylation is 2. The molecule has 2 aromatic rings. The number of anilines is 1. The number of aromatic nitrogens is 2. The van der Waals surface area contributed by atoms with Crippen molar-refractivity contribution in [2.75, 3.05) is 12.4 Å². The first-order chi connectivity index (χ1) is 10.8. The molecule has 0 fully saturated rings. The van der Waals surface area contributed by atoms with E-state index in [1.807, 2.05) is 0 Å². The first kappa shape index (κ1) is 16.6. The maximum absolute atomic E-state index is 12.9. The van der Waals surface area contributed by atoms with Crippen LogP contribution in [0.3, 0.4) is 0 Å². The number of hydrogen-bond acceptors (Lipinski definition) is 3. The van der Waals surface area contributed by atoms with E-state index in [1.54, 1.807) is 19.1 Å². The van der Waals surface area contributed by atoms with Crippen molar-refractivity contribution in [1.82, 2.24) is 15.1 Å². The van der Waals surface area contributed by atoms with Gasteiger partial charge in [-0.3, -0.25) is 14.3 Å². The van der Waals surface area contributed by atoms with Crippen molar-refractivity contribution >= 4 is 17.5 Å². The van der Waals surface area contributed by atoms with Gasteiger partial charge in [-0.1, -0.05) is 6.07 Å². The van der Waals surface area contributed by atoms with Crippen LogP contribution in [0.15, 0.2) is 24.4 Å². The summed E-state index contributed by atoms with van der Waals surface area (Å²) in [5.74, 6) is -1.01. The second kappa shape index (κ2) is 6.55. The Labute approximate surface area is 131 Å². The third-order valence-electron chi connectivity index (χ3n) is 3.28. The van der Waals surface area contributed by atoms with Crippen LogP contribution in [0.2, 0.25) is 0 Å². The summed E-state index contributed by atoms with van der Waals surface area (Å²) in [6.07, 6.45) is -1.62. The third kappa shape index (κ3) is 3.53. The molecule has 0 aliphatic rings.